The number of rotatable bonds is 2. The van der Waals surface area contributed by atoms with E-state index in [1.165, 1.54) is 5.39 Å². The van der Waals surface area contributed by atoms with E-state index in [0.29, 0.717) is 5.11 Å². The van der Waals surface area contributed by atoms with Crippen LogP contribution >= 0.6 is 12.2 Å². The number of aromatic nitrogens is 2. The van der Waals surface area contributed by atoms with Crippen molar-refractivity contribution in [2.24, 2.45) is 7.05 Å². The summed E-state index contributed by atoms with van der Waals surface area (Å²) in [7, 11) is 1.87. The predicted octanol–water partition coefficient (Wildman–Crippen LogP) is 3.38. The minimum absolute atomic E-state index is 0.528. The summed E-state index contributed by atoms with van der Waals surface area (Å²) in [6.45, 7) is 0. The SMILES string of the molecule is Cn1ccc(NC(=S)Nc2cccc3ccccc23)n1. The molecule has 0 spiro atoms. The van der Waals surface area contributed by atoms with E-state index in [-0.39, 0.29) is 0 Å². The Hall–Kier alpha value is -2.40. The molecule has 2 N–H and O–H groups in total. The van der Waals surface area contributed by atoms with Gasteiger partial charge in [0.2, 0.25) is 0 Å². The van der Waals surface area contributed by atoms with E-state index in [9.17, 15) is 0 Å². The lowest BCUT2D eigenvalue weighted by Gasteiger charge is -2.11. The van der Waals surface area contributed by atoms with Crippen molar-refractivity contribution in [1.82, 2.24) is 9.78 Å². The number of nitrogens with zero attached hydrogens (tertiary/aromatic N) is 2. The summed E-state index contributed by atoms with van der Waals surface area (Å²) in [6, 6.07) is 16.2. The van der Waals surface area contributed by atoms with Gasteiger partial charge in [0.1, 0.15) is 0 Å². The first-order valence-corrected chi connectivity index (χ1v) is 6.68. The van der Waals surface area contributed by atoms with Crippen LogP contribution in [0.15, 0.2) is 54.7 Å². The fraction of sp³-hybridized carbons (Fsp3) is 0.0667. The Balaban J connectivity index is 1.81. The highest BCUT2D eigenvalue weighted by Gasteiger charge is 2.04. The van der Waals surface area contributed by atoms with E-state index in [2.05, 4.69) is 33.9 Å². The highest BCUT2D eigenvalue weighted by Crippen LogP contribution is 2.23. The minimum Gasteiger partial charge on any atom is -0.332 e. The molecule has 0 aliphatic rings. The summed E-state index contributed by atoms with van der Waals surface area (Å²) >= 11 is 5.32. The zero-order valence-electron chi connectivity index (χ0n) is 11.0. The largest absolute Gasteiger partial charge is 0.332 e. The molecule has 0 saturated carbocycles. The molecule has 1 heterocycles. The molecule has 3 rings (SSSR count). The smallest absolute Gasteiger partial charge is 0.176 e. The topological polar surface area (TPSA) is 41.9 Å². The number of thiocarbonyl (C=S) groups is 1. The zero-order chi connectivity index (χ0) is 13.9. The number of aryl methyl sites for hydroxylation is 1. The lowest BCUT2D eigenvalue weighted by atomic mass is 10.1. The molecule has 4 nitrogen and oxygen atoms in total. The molecule has 0 saturated heterocycles. The molecule has 0 amide bonds. The minimum atomic E-state index is 0.528. The van der Waals surface area contributed by atoms with Crippen LogP contribution in [0.5, 0.6) is 0 Å². The molecule has 0 bridgehead atoms. The van der Waals surface area contributed by atoms with Gasteiger partial charge in [0.15, 0.2) is 10.9 Å². The van der Waals surface area contributed by atoms with Crippen molar-refractivity contribution < 1.29 is 0 Å². The fourth-order valence-electron chi connectivity index (χ4n) is 2.09. The Labute approximate surface area is 122 Å². The molecule has 100 valence electrons. The van der Waals surface area contributed by atoms with Gasteiger partial charge in [0, 0.05) is 30.4 Å². The fourth-order valence-corrected chi connectivity index (χ4v) is 2.30. The molecule has 0 unspecified atom stereocenters. The first-order valence-electron chi connectivity index (χ1n) is 6.28. The second-order valence-corrected chi connectivity index (χ2v) is 4.89. The maximum atomic E-state index is 5.32. The average molecular weight is 282 g/mol. The van der Waals surface area contributed by atoms with E-state index in [4.69, 9.17) is 12.2 Å². The summed E-state index contributed by atoms with van der Waals surface area (Å²) in [5.74, 6) is 0.727. The van der Waals surface area contributed by atoms with Gasteiger partial charge in [0.25, 0.3) is 0 Å². The van der Waals surface area contributed by atoms with E-state index in [1.54, 1.807) is 4.68 Å². The van der Waals surface area contributed by atoms with Gasteiger partial charge in [-0.1, -0.05) is 36.4 Å². The standard InChI is InChI=1S/C15H14N4S/c1-19-10-9-14(18-19)17-15(20)16-13-8-4-6-11-5-2-3-7-12(11)13/h2-10H,1H3,(H2,16,17,18,20). The molecule has 20 heavy (non-hydrogen) atoms. The summed E-state index contributed by atoms with van der Waals surface area (Å²) < 4.78 is 1.73. The van der Waals surface area contributed by atoms with Crippen molar-refractivity contribution in [3.8, 4) is 0 Å². The van der Waals surface area contributed by atoms with Crippen LogP contribution in [0.4, 0.5) is 11.5 Å². The normalized spacial score (nSPS) is 10.4. The second-order valence-electron chi connectivity index (χ2n) is 4.48. The van der Waals surface area contributed by atoms with E-state index in [1.807, 2.05) is 43.6 Å². The quantitative estimate of drug-likeness (QED) is 0.707. The van der Waals surface area contributed by atoms with E-state index >= 15 is 0 Å². The lowest BCUT2D eigenvalue weighted by Crippen LogP contribution is -2.19. The summed E-state index contributed by atoms with van der Waals surface area (Å²) in [4.78, 5) is 0. The second kappa shape index (κ2) is 5.30. The molecule has 2 aromatic carbocycles. The molecular formula is C15H14N4S. The van der Waals surface area contributed by atoms with Gasteiger partial charge in [0.05, 0.1) is 0 Å². The third-order valence-electron chi connectivity index (χ3n) is 2.99. The Bertz CT molecular complexity index is 758. The van der Waals surface area contributed by atoms with Crippen LogP contribution in [0.1, 0.15) is 0 Å². The molecule has 0 aliphatic carbocycles. The zero-order valence-corrected chi connectivity index (χ0v) is 11.8. The van der Waals surface area contributed by atoms with Crippen LogP contribution in [-0.4, -0.2) is 14.9 Å². The molecule has 0 radical (unpaired) electrons. The van der Waals surface area contributed by atoms with Gasteiger partial charge in [-0.05, 0) is 23.7 Å². The summed E-state index contributed by atoms with van der Waals surface area (Å²) in [5, 5.41) is 13.4. The number of benzene rings is 2. The van der Waals surface area contributed by atoms with Crippen LogP contribution in [0.2, 0.25) is 0 Å². The molecule has 3 aromatic rings. The molecule has 1 aromatic heterocycles. The highest BCUT2D eigenvalue weighted by molar-refractivity contribution is 7.80. The number of anilines is 2. The number of nitrogens with one attached hydrogen (secondary N) is 2. The first-order chi connectivity index (χ1) is 9.72. The van der Waals surface area contributed by atoms with Gasteiger partial charge < -0.3 is 10.6 Å². The van der Waals surface area contributed by atoms with Crippen molar-refractivity contribution in [2.45, 2.75) is 0 Å². The monoisotopic (exact) mass is 282 g/mol. The molecule has 0 atom stereocenters. The predicted molar refractivity (Wildman–Crippen MR) is 87.0 cm³/mol. The summed E-state index contributed by atoms with van der Waals surface area (Å²) in [6.07, 6.45) is 1.86. The lowest BCUT2D eigenvalue weighted by molar-refractivity contribution is 0.772. The van der Waals surface area contributed by atoms with Gasteiger partial charge in [-0.25, -0.2) is 0 Å². The van der Waals surface area contributed by atoms with E-state index < -0.39 is 0 Å². The van der Waals surface area contributed by atoms with Crippen LogP contribution < -0.4 is 10.6 Å². The van der Waals surface area contributed by atoms with Crippen LogP contribution in [-0.2, 0) is 7.05 Å². The maximum Gasteiger partial charge on any atom is 0.176 e. The maximum absolute atomic E-state index is 5.32. The van der Waals surface area contributed by atoms with Crippen LogP contribution in [0.3, 0.4) is 0 Å². The van der Waals surface area contributed by atoms with Crippen LogP contribution in [0.25, 0.3) is 10.8 Å². The van der Waals surface area contributed by atoms with Gasteiger partial charge >= 0.3 is 0 Å². The highest BCUT2D eigenvalue weighted by atomic mass is 32.1. The third kappa shape index (κ3) is 2.62. The Kier molecular flexibility index (Phi) is 3.35. The average Bonchev–Trinajstić information content (AvgIpc) is 2.84. The molecular weight excluding hydrogens is 268 g/mol. The Morgan fingerprint density at radius 1 is 1.05 bits per heavy atom. The third-order valence-corrected chi connectivity index (χ3v) is 3.20. The number of fused-ring (bicyclic) bond motifs is 1. The molecule has 0 aliphatic heterocycles. The van der Waals surface area contributed by atoms with Crippen molar-refractivity contribution in [3.05, 3.63) is 54.7 Å². The summed E-state index contributed by atoms with van der Waals surface area (Å²) in [5.41, 5.74) is 0.983. The molecule has 0 fully saturated rings. The Morgan fingerprint density at radius 2 is 1.85 bits per heavy atom. The molecule has 5 heteroatoms. The van der Waals surface area contributed by atoms with Crippen LogP contribution in [0, 0.1) is 0 Å². The Morgan fingerprint density at radius 3 is 2.65 bits per heavy atom. The van der Waals surface area contributed by atoms with Crippen molar-refractivity contribution in [1.29, 1.82) is 0 Å². The first kappa shape index (κ1) is 12.6. The van der Waals surface area contributed by atoms with Crippen molar-refractivity contribution >= 4 is 39.6 Å². The van der Waals surface area contributed by atoms with Gasteiger partial charge in [-0.2, -0.15) is 5.10 Å². The van der Waals surface area contributed by atoms with Crippen molar-refractivity contribution in [2.75, 3.05) is 10.6 Å². The number of hydrogen-bond donors (Lipinski definition) is 2. The van der Waals surface area contributed by atoms with E-state index in [0.717, 1.165) is 16.9 Å². The van der Waals surface area contributed by atoms with Gasteiger partial charge in [-0.3, -0.25) is 4.68 Å². The number of hydrogen-bond acceptors (Lipinski definition) is 2. The van der Waals surface area contributed by atoms with Crippen molar-refractivity contribution in [3.63, 3.8) is 0 Å². The van der Waals surface area contributed by atoms with Gasteiger partial charge in [-0.15, -0.1) is 0 Å².